The van der Waals surface area contributed by atoms with Gasteiger partial charge in [-0.3, -0.25) is 14.4 Å². The standard InChI is InChI=1S/C29H31N3O4/c1-19-8-9-24(14-21(19)3)31-27(33)18-36-26-12-10-25(11-13-26)32-17-23(15-28(32)34)29(35)30-16-22-7-5-4-6-20(22)2/h4-14,23H,15-18H2,1-3H3,(H,30,35)(H,31,33)/t23-/m0/s1. The number of hydrogen-bond donors (Lipinski definition) is 2. The summed E-state index contributed by atoms with van der Waals surface area (Å²) < 4.78 is 5.60. The van der Waals surface area contributed by atoms with E-state index in [4.69, 9.17) is 4.74 Å². The number of ether oxygens (including phenoxy) is 1. The fraction of sp³-hybridized carbons (Fsp3) is 0.276. The molecule has 0 saturated carbocycles. The average molecular weight is 486 g/mol. The molecule has 3 aromatic rings. The Kier molecular flexibility index (Phi) is 7.68. The number of nitrogens with one attached hydrogen (secondary N) is 2. The summed E-state index contributed by atoms with van der Waals surface area (Å²) in [6.45, 7) is 6.67. The average Bonchev–Trinajstić information content (AvgIpc) is 3.26. The zero-order valence-electron chi connectivity index (χ0n) is 20.8. The highest BCUT2D eigenvalue weighted by Crippen LogP contribution is 2.27. The monoisotopic (exact) mass is 485 g/mol. The summed E-state index contributed by atoms with van der Waals surface area (Å²) >= 11 is 0. The zero-order chi connectivity index (χ0) is 25.7. The van der Waals surface area contributed by atoms with E-state index >= 15 is 0 Å². The molecule has 2 N–H and O–H groups in total. The summed E-state index contributed by atoms with van der Waals surface area (Å²) in [6.07, 6.45) is 0.177. The summed E-state index contributed by atoms with van der Waals surface area (Å²) in [6, 6.07) is 20.6. The number of carbonyl (C=O) groups is 3. The van der Waals surface area contributed by atoms with Crippen molar-refractivity contribution in [1.29, 1.82) is 0 Å². The number of anilines is 2. The van der Waals surface area contributed by atoms with Gasteiger partial charge in [-0.15, -0.1) is 0 Å². The van der Waals surface area contributed by atoms with Gasteiger partial charge in [-0.25, -0.2) is 0 Å². The molecule has 1 aliphatic heterocycles. The fourth-order valence-electron chi connectivity index (χ4n) is 4.16. The first-order valence-electron chi connectivity index (χ1n) is 12.0. The highest BCUT2D eigenvalue weighted by atomic mass is 16.5. The van der Waals surface area contributed by atoms with Crippen molar-refractivity contribution in [3.05, 3.63) is 89.0 Å². The van der Waals surface area contributed by atoms with Gasteiger partial charge in [0.1, 0.15) is 5.75 Å². The van der Waals surface area contributed by atoms with Crippen LogP contribution in [0.25, 0.3) is 0 Å². The number of nitrogens with zero attached hydrogens (tertiary/aromatic N) is 1. The second-order valence-electron chi connectivity index (χ2n) is 9.18. The molecule has 1 atom stereocenters. The Balaban J connectivity index is 1.27. The normalized spacial score (nSPS) is 15.0. The van der Waals surface area contributed by atoms with Crippen molar-refractivity contribution in [3.63, 3.8) is 0 Å². The van der Waals surface area contributed by atoms with E-state index in [1.54, 1.807) is 29.2 Å². The van der Waals surface area contributed by atoms with Crippen molar-refractivity contribution in [2.45, 2.75) is 33.7 Å². The van der Waals surface area contributed by atoms with Crippen molar-refractivity contribution < 1.29 is 19.1 Å². The number of aryl methyl sites for hydroxylation is 3. The van der Waals surface area contributed by atoms with E-state index in [0.717, 1.165) is 27.9 Å². The maximum absolute atomic E-state index is 12.7. The molecule has 1 heterocycles. The van der Waals surface area contributed by atoms with Crippen LogP contribution in [0.2, 0.25) is 0 Å². The molecule has 1 saturated heterocycles. The molecule has 0 aliphatic carbocycles. The topological polar surface area (TPSA) is 87.7 Å². The Morgan fingerprint density at radius 1 is 0.944 bits per heavy atom. The fourth-order valence-corrected chi connectivity index (χ4v) is 4.16. The molecule has 1 fully saturated rings. The minimum absolute atomic E-state index is 0.0903. The van der Waals surface area contributed by atoms with E-state index in [0.29, 0.717) is 24.5 Å². The first-order chi connectivity index (χ1) is 17.3. The highest BCUT2D eigenvalue weighted by molar-refractivity contribution is 6.00. The maximum atomic E-state index is 12.7. The molecule has 0 unspecified atom stereocenters. The Labute approximate surface area is 211 Å². The van der Waals surface area contributed by atoms with Crippen LogP contribution in [-0.4, -0.2) is 30.9 Å². The van der Waals surface area contributed by atoms with Gasteiger partial charge >= 0.3 is 0 Å². The molecule has 0 bridgehead atoms. The van der Waals surface area contributed by atoms with Gasteiger partial charge < -0.3 is 20.3 Å². The third-order valence-electron chi connectivity index (χ3n) is 6.52. The summed E-state index contributed by atoms with van der Waals surface area (Å²) in [7, 11) is 0. The van der Waals surface area contributed by atoms with Gasteiger partial charge in [-0.05, 0) is 79.4 Å². The van der Waals surface area contributed by atoms with Crippen molar-refractivity contribution >= 4 is 29.1 Å². The van der Waals surface area contributed by atoms with Gasteiger partial charge in [-0.1, -0.05) is 30.3 Å². The molecule has 0 aromatic heterocycles. The molecule has 0 spiro atoms. The van der Waals surface area contributed by atoms with Crippen LogP contribution in [0.4, 0.5) is 11.4 Å². The van der Waals surface area contributed by atoms with Gasteiger partial charge in [0.25, 0.3) is 5.91 Å². The van der Waals surface area contributed by atoms with E-state index in [1.165, 1.54) is 0 Å². The number of carbonyl (C=O) groups excluding carboxylic acids is 3. The quantitative estimate of drug-likeness (QED) is 0.498. The van der Waals surface area contributed by atoms with Gasteiger partial charge in [-0.2, -0.15) is 0 Å². The summed E-state index contributed by atoms with van der Waals surface area (Å²) in [4.78, 5) is 39.1. The lowest BCUT2D eigenvalue weighted by Crippen LogP contribution is -2.32. The van der Waals surface area contributed by atoms with Crippen LogP contribution in [0.1, 0.15) is 28.7 Å². The summed E-state index contributed by atoms with van der Waals surface area (Å²) in [5.74, 6) is -0.340. The van der Waals surface area contributed by atoms with Gasteiger partial charge in [0.05, 0.1) is 5.92 Å². The minimum atomic E-state index is -0.397. The second-order valence-corrected chi connectivity index (χ2v) is 9.18. The van der Waals surface area contributed by atoms with Crippen molar-refractivity contribution in [2.75, 3.05) is 23.4 Å². The molecular weight excluding hydrogens is 454 g/mol. The third-order valence-corrected chi connectivity index (χ3v) is 6.52. The lowest BCUT2D eigenvalue weighted by atomic mass is 10.1. The lowest BCUT2D eigenvalue weighted by molar-refractivity contribution is -0.126. The number of amides is 3. The molecule has 7 nitrogen and oxygen atoms in total. The van der Waals surface area contributed by atoms with E-state index in [1.807, 2.05) is 63.2 Å². The van der Waals surface area contributed by atoms with Crippen LogP contribution < -0.4 is 20.3 Å². The Morgan fingerprint density at radius 2 is 1.69 bits per heavy atom. The number of rotatable bonds is 8. The first-order valence-corrected chi connectivity index (χ1v) is 12.0. The molecular formula is C29H31N3O4. The molecule has 7 heteroatoms. The summed E-state index contributed by atoms with van der Waals surface area (Å²) in [5, 5.41) is 5.78. The molecule has 4 rings (SSSR count). The van der Waals surface area contributed by atoms with Crippen LogP contribution in [0.3, 0.4) is 0 Å². The van der Waals surface area contributed by atoms with Gasteiger partial charge in [0.2, 0.25) is 11.8 Å². The van der Waals surface area contributed by atoms with E-state index in [-0.39, 0.29) is 30.7 Å². The summed E-state index contributed by atoms with van der Waals surface area (Å²) in [5.41, 5.74) is 5.87. The second kappa shape index (κ2) is 11.1. The van der Waals surface area contributed by atoms with Crippen molar-refractivity contribution in [3.8, 4) is 5.75 Å². The molecule has 1 aliphatic rings. The van der Waals surface area contributed by atoms with Crippen molar-refractivity contribution in [2.24, 2.45) is 5.92 Å². The van der Waals surface area contributed by atoms with Crippen LogP contribution in [0.15, 0.2) is 66.7 Å². The van der Waals surface area contributed by atoms with E-state index < -0.39 is 5.92 Å². The smallest absolute Gasteiger partial charge is 0.262 e. The molecule has 0 radical (unpaired) electrons. The van der Waals surface area contributed by atoms with E-state index in [2.05, 4.69) is 10.6 Å². The third kappa shape index (κ3) is 6.10. The van der Waals surface area contributed by atoms with E-state index in [9.17, 15) is 14.4 Å². The Morgan fingerprint density at radius 3 is 2.42 bits per heavy atom. The largest absolute Gasteiger partial charge is 0.484 e. The van der Waals surface area contributed by atoms with Gasteiger partial charge in [0, 0.05) is 30.9 Å². The van der Waals surface area contributed by atoms with Crippen LogP contribution >= 0.6 is 0 Å². The highest BCUT2D eigenvalue weighted by Gasteiger charge is 2.35. The van der Waals surface area contributed by atoms with Crippen LogP contribution in [0, 0.1) is 26.7 Å². The Hall–Kier alpha value is -4.13. The molecule has 3 aromatic carbocycles. The number of hydrogen-bond acceptors (Lipinski definition) is 4. The SMILES string of the molecule is Cc1ccc(NC(=O)COc2ccc(N3C[C@@H](C(=O)NCc4ccccc4C)CC3=O)cc2)cc1C. The molecule has 3 amide bonds. The molecule has 186 valence electrons. The first kappa shape index (κ1) is 25.0. The number of benzene rings is 3. The van der Waals surface area contributed by atoms with Crippen molar-refractivity contribution in [1.82, 2.24) is 5.32 Å². The maximum Gasteiger partial charge on any atom is 0.262 e. The zero-order valence-corrected chi connectivity index (χ0v) is 20.8. The predicted octanol–water partition coefficient (Wildman–Crippen LogP) is 4.30. The lowest BCUT2D eigenvalue weighted by Gasteiger charge is -2.17. The Bertz CT molecular complexity index is 1270. The van der Waals surface area contributed by atoms with Crippen LogP contribution in [0.5, 0.6) is 5.75 Å². The van der Waals surface area contributed by atoms with Gasteiger partial charge in [0.15, 0.2) is 6.61 Å². The predicted molar refractivity (Wildman–Crippen MR) is 140 cm³/mol. The minimum Gasteiger partial charge on any atom is -0.484 e. The molecule has 36 heavy (non-hydrogen) atoms. The van der Waals surface area contributed by atoms with Crippen LogP contribution in [-0.2, 0) is 20.9 Å².